The molecule has 0 atom stereocenters. The van der Waals surface area contributed by atoms with Crippen molar-refractivity contribution in [1.82, 2.24) is 9.80 Å². The summed E-state index contributed by atoms with van der Waals surface area (Å²) in [4.78, 5) is 20.2. The molecule has 1 fully saturated rings. The van der Waals surface area contributed by atoms with Crippen molar-refractivity contribution in [3.63, 3.8) is 0 Å². The van der Waals surface area contributed by atoms with Gasteiger partial charge in [0.15, 0.2) is 0 Å². The van der Waals surface area contributed by atoms with Crippen LogP contribution in [0.2, 0.25) is 0 Å². The average Bonchev–Trinajstić information content (AvgIpc) is 3.15. The minimum atomic E-state index is -4.42. The molecule has 3 aliphatic heterocycles. The van der Waals surface area contributed by atoms with Crippen molar-refractivity contribution in [2.75, 3.05) is 39.3 Å². The monoisotopic (exact) mass is 459 g/mol. The van der Waals surface area contributed by atoms with E-state index in [1.165, 1.54) is 17.0 Å². The van der Waals surface area contributed by atoms with Gasteiger partial charge in [0.05, 0.1) is 18.7 Å². The number of piperidine rings is 1. The lowest BCUT2D eigenvalue weighted by molar-refractivity contribution is -0.145. The van der Waals surface area contributed by atoms with Gasteiger partial charge in [0.25, 0.3) is 5.91 Å². The van der Waals surface area contributed by atoms with Gasteiger partial charge in [0.2, 0.25) is 0 Å². The van der Waals surface area contributed by atoms with Crippen LogP contribution in [0.5, 0.6) is 0 Å². The normalized spacial score (nSPS) is 21.1. The summed E-state index contributed by atoms with van der Waals surface area (Å²) in [6, 6.07) is 5.54. The molecule has 1 amide bonds. The molecule has 0 radical (unpaired) electrons. The summed E-state index contributed by atoms with van der Waals surface area (Å²) in [6.07, 6.45) is -7.53. The van der Waals surface area contributed by atoms with Crippen LogP contribution < -0.4 is 0 Å². The summed E-state index contributed by atoms with van der Waals surface area (Å²) >= 11 is 0. The Kier molecular flexibility index (Phi) is 6.08. The van der Waals surface area contributed by atoms with Crippen LogP contribution in [0, 0.1) is 0 Å². The second kappa shape index (κ2) is 8.53. The number of rotatable bonds is 3. The van der Waals surface area contributed by atoms with Crippen molar-refractivity contribution in [3.8, 4) is 0 Å². The Bertz CT molecular complexity index is 942. The maximum atomic E-state index is 13.3. The number of nitrogens with zero attached hydrogens (tertiary/aromatic N) is 3. The lowest BCUT2D eigenvalue weighted by atomic mass is 9.86. The van der Waals surface area contributed by atoms with Gasteiger partial charge in [-0.25, -0.2) is 0 Å². The van der Waals surface area contributed by atoms with Gasteiger partial charge >= 0.3 is 12.4 Å². The van der Waals surface area contributed by atoms with E-state index in [1.807, 2.05) is 0 Å². The number of hydrogen-bond acceptors (Lipinski definition) is 3. The van der Waals surface area contributed by atoms with Gasteiger partial charge in [-0.05, 0) is 48.0 Å². The lowest BCUT2D eigenvalue weighted by Gasteiger charge is -2.34. The van der Waals surface area contributed by atoms with E-state index in [0.29, 0.717) is 38.1 Å². The zero-order valence-corrected chi connectivity index (χ0v) is 17.3. The molecule has 32 heavy (non-hydrogen) atoms. The fourth-order valence-electron chi connectivity index (χ4n) is 4.83. The summed E-state index contributed by atoms with van der Waals surface area (Å²) in [5.74, 6) is -0.565. The molecule has 0 bridgehead atoms. The first-order chi connectivity index (χ1) is 15.0. The van der Waals surface area contributed by atoms with E-state index < -0.39 is 24.5 Å². The number of halogens is 6. The Morgan fingerprint density at radius 2 is 1.72 bits per heavy atom. The molecule has 0 saturated carbocycles. The minimum absolute atomic E-state index is 0.144. The molecule has 0 aromatic heterocycles. The van der Waals surface area contributed by atoms with Gasteiger partial charge in [-0.1, -0.05) is 18.2 Å². The smallest absolute Gasteiger partial charge is 0.337 e. The van der Waals surface area contributed by atoms with Crippen molar-refractivity contribution in [2.45, 2.75) is 37.5 Å². The van der Waals surface area contributed by atoms with E-state index in [0.717, 1.165) is 17.2 Å². The quantitative estimate of drug-likeness (QED) is 0.627. The van der Waals surface area contributed by atoms with Crippen LogP contribution in [0.4, 0.5) is 26.3 Å². The van der Waals surface area contributed by atoms with Crippen molar-refractivity contribution in [2.24, 2.45) is 4.99 Å². The summed E-state index contributed by atoms with van der Waals surface area (Å²) in [5.41, 5.74) is 1.41. The Morgan fingerprint density at radius 1 is 1.03 bits per heavy atom. The van der Waals surface area contributed by atoms with E-state index in [2.05, 4.69) is 4.99 Å². The first kappa shape index (κ1) is 22.8. The number of amides is 1. The Balaban J connectivity index is 1.39. The number of alkyl halides is 6. The van der Waals surface area contributed by atoms with Crippen LogP contribution in [0.3, 0.4) is 0 Å². The molecule has 0 unspecified atom stereocenters. The maximum absolute atomic E-state index is 13.3. The lowest BCUT2D eigenvalue weighted by Crippen LogP contribution is -2.43. The largest absolute Gasteiger partial charge is 0.416 e. The summed E-state index contributed by atoms with van der Waals surface area (Å²) in [6.45, 7) is 0.224. The average molecular weight is 459 g/mol. The molecule has 4 nitrogen and oxygen atoms in total. The van der Waals surface area contributed by atoms with Crippen molar-refractivity contribution < 1.29 is 31.1 Å². The summed E-state index contributed by atoms with van der Waals surface area (Å²) in [5, 5.41) is 0. The predicted molar refractivity (Wildman–Crippen MR) is 106 cm³/mol. The maximum Gasteiger partial charge on any atom is 0.416 e. The Hall–Kier alpha value is -2.36. The van der Waals surface area contributed by atoms with Gasteiger partial charge in [-0.3, -0.25) is 14.7 Å². The molecule has 1 aromatic rings. The number of hydrogen-bond donors (Lipinski definition) is 0. The fourth-order valence-corrected chi connectivity index (χ4v) is 4.83. The van der Waals surface area contributed by atoms with Crippen LogP contribution in [0.1, 0.15) is 36.3 Å². The summed E-state index contributed by atoms with van der Waals surface area (Å²) in [7, 11) is 0. The van der Waals surface area contributed by atoms with E-state index in [1.54, 1.807) is 11.0 Å². The third kappa shape index (κ3) is 4.84. The second-order valence-corrected chi connectivity index (χ2v) is 8.47. The third-order valence-corrected chi connectivity index (χ3v) is 6.33. The molecular weight excluding hydrogens is 436 g/mol. The van der Waals surface area contributed by atoms with Gasteiger partial charge in [0.1, 0.15) is 5.71 Å². The molecule has 10 heteroatoms. The highest BCUT2D eigenvalue weighted by atomic mass is 19.4. The topological polar surface area (TPSA) is 35.9 Å². The van der Waals surface area contributed by atoms with Crippen LogP contribution in [0.15, 0.2) is 40.4 Å². The molecule has 0 N–H and O–H groups in total. The molecule has 0 spiro atoms. The van der Waals surface area contributed by atoms with Crippen LogP contribution in [0.25, 0.3) is 0 Å². The van der Waals surface area contributed by atoms with Crippen LogP contribution >= 0.6 is 0 Å². The molecule has 1 aromatic carbocycles. The first-order valence-electron chi connectivity index (χ1n) is 10.5. The molecule has 0 aliphatic carbocycles. The van der Waals surface area contributed by atoms with Gasteiger partial charge in [-0.2, -0.15) is 26.3 Å². The predicted octanol–water partition coefficient (Wildman–Crippen LogP) is 4.43. The second-order valence-electron chi connectivity index (χ2n) is 8.47. The molecule has 174 valence electrons. The molecule has 4 rings (SSSR count). The fraction of sp³-hybridized carbons (Fsp3) is 0.545. The van der Waals surface area contributed by atoms with Crippen molar-refractivity contribution in [1.29, 1.82) is 0 Å². The SMILES string of the molecule is O=C(C1=NCC2=C1CCN(CC(F)(F)F)C2)N1CCC(c2ccccc2C(F)(F)F)CC1. The number of benzene rings is 1. The molecule has 3 heterocycles. The Morgan fingerprint density at radius 3 is 2.38 bits per heavy atom. The van der Waals surface area contributed by atoms with E-state index in [4.69, 9.17) is 0 Å². The molecule has 3 aliphatic rings. The molecule has 1 saturated heterocycles. The number of carbonyl (C=O) groups excluding carboxylic acids is 1. The first-order valence-corrected chi connectivity index (χ1v) is 10.5. The highest BCUT2D eigenvalue weighted by molar-refractivity contribution is 6.46. The number of likely N-dealkylation sites (tertiary alicyclic amines) is 1. The van der Waals surface area contributed by atoms with Crippen LogP contribution in [-0.2, 0) is 11.0 Å². The molecular formula is C22H23F6N3O. The number of carbonyl (C=O) groups is 1. The van der Waals surface area contributed by atoms with E-state index >= 15 is 0 Å². The standard InChI is InChI=1S/C22H23F6N3O/c23-21(24,25)13-30-8-7-17-15(12-30)11-29-19(17)20(32)31-9-5-14(6-10-31)16-3-1-2-4-18(16)22(26,27)28/h1-4,14H,5-13H2. The van der Waals surface area contributed by atoms with Crippen molar-refractivity contribution >= 4 is 11.6 Å². The van der Waals surface area contributed by atoms with Gasteiger partial charge in [-0.15, -0.1) is 0 Å². The van der Waals surface area contributed by atoms with Gasteiger partial charge < -0.3 is 4.90 Å². The number of aliphatic imine (C=N–C) groups is 1. The highest BCUT2D eigenvalue weighted by Gasteiger charge is 2.38. The highest BCUT2D eigenvalue weighted by Crippen LogP contribution is 2.39. The zero-order chi connectivity index (χ0) is 23.1. The third-order valence-electron chi connectivity index (χ3n) is 6.33. The van der Waals surface area contributed by atoms with E-state index in [-0.39, 0.29) is 37.0 Å². The van der Waals surface area contributed by atoms with Gasteiger partial charge in [0, 0.05) is 26.2 Å². The Labute approximate surface area is 181 Å². The van der Waals surface area contributed by atoms with Crippen LogP contribution in [-0.4, -0.2) is 66.9 Å². The zero-order valence-electron chi connectivity index (χ0n) is 17.3. The van der Waals surface area contributed by atoms with Crippen molar-refractivity contribution in [3.05, 3.63) is 46.5 Å². The van der Waals surface area contributed by atoms with E-state index in [9.17, 15) is 31.1 Å². The minimum Gasteiger partial charge on any atom is -0.337 e. The summed E-state index contributed by atoms with van der Waals surface area (Å²) < 4.78 is 78.0.